The molecule has 2 N–H and O–H groups in total. The predicted molar refractivity (Wildman–Crippen MR) is 72.8 cm³/mol. The van der Waals surface area contributed by atoms with Crippen LogP contribution in [-0.4, -0.2) is 18.3 Å². The van der Waals surface area contributed by atoms with E-state index < -0.39 is 0 Å². The monoisotopic (exact) mass is 249 g/mol. The van der Waals surface area contributed by atoms with Crippen LogP contribution in [-0.2, 0) is 11.3 Å². The first-order valence-corrected chi connectivity index (χ1v) is 6.60. The van der Waals surface area contributed by atoms with Crippen molar-refractivity contribution in [3.05, 3.63) is 29.3 Å². The van der Waals surface area contributed by atoms with E-state index in [9.17, 15) is 0 Å². The van der Waals surface area contributed by atoms with Crippen molar-refractivity contribution in [2.45, 2.75) is 51.9 Å². The third-order valence-electron chi connectivity index (χ3n) is 3.41. The summed E-state index contributed by atoms with van der Waals surface area (Å²) in [6.45, 7) is 7.44. The fraction of sp³-hybridized carbons (Fsp3) is 0.600. The van der Waals surface area contributed by atoms with Crippen LogP contribution in [0, 0.1) is 6.92 Å². The molecule has 0 radical (unpaired) electrons. The Hall–Kier alpha value is -1.06. The lowest BCUT2D eigenvalue weighted by Crippen LogP contribution is -2.24. The number of benzene rings is 1. The Morgan fingerprint density at radius 2 is 2.22 bits per heavy atom. The van der Waals surface area contributed by atoms with Crippen LogP contribution in [0.15, 0.2) is 18.2 Å². The van der Waals surface area contributed by atoms with Gasteiger partial charge >= 0.3 is 0 Å². The highest BCUT2D eigenvalue weighted by molar-refractivity contribution is 5.36. The number of hydrogen-bond donors (Lipinski definition) is 1. The minimum atomic E-state index is -0.00198. The van der Waals surface area contributed by atoms with Gasteiger partial charge in [0.15, 0.2) is 0 Å². The standard InChI is InChI=1S/C15H23NO2/c1-11-4-5-14(12(8-11)9-16)17-10-13-6-7-15(2,3)18-13/h4-5,8,13H,6-7,9-10,16H2,1-3H3. The van der Waals surface area contributed by atoms with Crippen LogP contribution in [0.5, 0.6) is 5.75 Å². The molecular formula is C15H23NO2. The number of rotatable bonds is 4. The first-order valence-electron chi connectivity index (χ1n) is 6.60. The fourth-order valence-corrected chi connectivity index (χ4v) is 2.39. The third-order valence-corrected chi connectivity index (χ3v) is 3.41. The van der Waals surface area contributed by atoms with Gasteiger partial charge in [0.25, 0.3) is 0 Å². The van der Waals surface area contributed by atoms with Gasteiger partial charge in [-0.15, -0.1) is 0 Å². The maximum Gasteiger partial charge on any atom is 0.123 e. The maximum absolute atomic E-state index is 5.91. The van der Waals surface area contributed by atoms with Crippen LogP contribution < -0.4 is 10.5 Å². The highest BCUT2D eigenvalue weighted by Gasteiger charge is 2.31. The summed E-state index contributed by atoms with van der Waals surface area (Å²) in [6, 6.07) is 6.13. The average molecular weight is 249 g/mol. The Labute approximate surface area is 109 Å². The summed E-state index contributed by atoms with van der Waals surface area (Å²) < 4.78 is 11.8. The van der Waals surface area contributed by atoms with Crippen LogP contribution in [0.3, 0.4) is 0 Å². The molecule has 18 heavy (non-hydrogen) atoms. The molecular weight excluding hydrogens is 226 g/mol. The van der Waals surface area contributed by atoms with Crippen LogP contribution in [0.25, 0.3) is 0 Å². The Kier molecular flexibility index (Phi) is 3.93. The zero-order chi connectivity index (χ0) is 13.2. The summed E-state index contributed by atoms with van der Waals surface area (Å²) in [6.07, 6.45) is 2.36. The molecule has 3 nitrogen and oxygen atoms in total. The van der Waals surface area contributed by atoms with Gasteiger partial charge in [-0.1, -0.05) is 17.7 Å². The predicted octanol–water partition coefficient (Wildman–Crippen LogP) is 2.79. The second-order valence-electron chi connectivity index (χ2n) is 5.66. The van der Waals surface area contributed by atoms with Crippen molar-refractivity contribution >= 4 is 0 Å². The average Bonchev–Trinajstić information content (AvgIpc) is 2.67. The van der Waals surface area contributed by atoms with E-state index >= 15 is 0 Å². The van der Waals surface area contributed by atoms with Gasteiger partial charge in [-0.05, 0) is 39.7 Å². The third kappa shape index (κ3) is 3.24. The molecule has 1 heterocycles. The van der Waals surface area contributed by atoms with Gasteiger partial charge in [0.2, 0.25) is 0 Å². The molecule has 1 aromatic carbocycles. The van der Waals surface area contributed by atoms with Crippen molar-refractivity contribution in [1.82, 2.24) is 0 Å². The summed E-state index contributed by atoms with van der Waals surface area (Å²) >= 11 is 0. The van der Waals surface area contributed by atoms with Crippen molar-refractivity contribution in [2.24, 2.45) is 5.73 Å². The van der Waals surface area contributed by atoms with E-state index in [0.717, 1.165) is 24.2 Å². The molecule has 2 rings (SSSR count). The maximum atomic E-state index is 5.91. The van der Waals surface area contributed by atoms with Gasteiger partial charge in [-0.2, -0.15) is 0 Å². The van der Waals surface area contributed by atoms with Gasteiger partial charge in [0.1, 0.15) is 12.4 Å². The van der Waals surface area contributed by atoms with Crippen molar-refractivity contribution in [1.29, 1.82) is 0 Å². The fourth-order valence-electron chi connectivity index (χ4n) is 2.39. The summed E-state index contributed by atoms with van der Waals surface area (Å²) in [4.78, 5) is 0. The van der Waals surface area contributed by atoms with Gasteiger partial charge in [0.05, 0.1) is 11.7 Å². The molecule has 0 spiro atoms. The first kappa shape index (κ1) is 13.4. The Morgan fingerprint density at radius 3 is 2.83 bits per heavy atom. The Morgan fingerprint density at radius 1 is 1.44 bits per heavy atom. The van der Waals surface area contributed by atoms with E-state index in [-0.39, 0.29) is 11.7 Å². The molecule has 100 valence electrons. The summed E-state index contributed by atoms with van der Waals surface area (Å²) in [7, 11) is 0. The lowest BCUT2D eigenvalue weighted by atomic mass is 10.1. The molecule has 3 heteroatoms. The molecule has 1 fully saturated rings. The van der Waals surface area contributed by atoms with Crippen molar-refractivity contribution in [3.8, 4) is 5.75 Å². The zero-order valence-electron chi connectivity index (χ0n) is 11.5. The Balaban J connectivity index is 1.94. The highest BCUT2D eigenvalue weighted by atomic mass is 16.6. The molecule has 0 amide bonds. The van der Waals surface area contributed by atoms with Crippen molar-refractivity contribution < 1.29 is 9.47 Å². The largest absolute Gasteiger partial charge is 0.491 e. The molecule has 1 aromatic rings. The van der Waals surface area contributed by atoms with Gasteiger partial charge in [-0.25, -0.2) is 0 Å². The normalized spacial score (nSPS) is 22.1. The number of aryl methyl sites for hydroxylation is 1. The van der Waals surface area contributed by atoms with Crippen molar-refractivity contribution in [2.75, 3.05) is 6.61 Å². The molecule has 1 aliphatic rings. The molecule has 1 aliphatic heterocycles. The minimum Gasteiger partial charge on any atom is -0.491 e. The number of nitrogens with two attached hydrogens (primary N) is 1. The molecule has 1 saturated heterocycles. The van der Waals surface area contributed by atoms with Crippen LogP contribution >= 0.6 is 0 Å². The zero-order valence-corrected chi connectivity index (χ0v) is 11.5. The van der Waals surface area contributed by atoms with E-state index in [1.165, 1.54) is 5.56 Å². The topological polar surface area (TPSA) is 44.5 Å². The lowest BCUT2D eigenvalue weighted by Gasteiger charge is -2.20. The van der Waals surface area contributed by atoms with E-state index in [2.05, 4.69) is 26.8 Å². The van der Waals surface area contributed by atoms with Gasteiger partial charge in [-0.3, -0.25) is 0 Å². The van der Waals surface area contributed by atoms with Gasteiger partial charge < -0.3 is 15.2 Å². The van der Waals surface area contributed by atoms with Crippen LogP contribution in [0.4, 0.5) is 0 Å². The smallest absolute Gasteiger partial charge is 0.123 e. The minimum absolute atomic E-state index is 0.00198. The van der Waals surface area contributed by atoms with E-state index in [1.54, 1.807) is 0 Å². The first-order chi connectivity index (χ1) is 8.50. The number of hydrogen-bond acceptors (Lipinski definition) is 3. The van der Waals surface area contributed by atoms with E-state index in [1.807, 2.05) is 12.1 Å². The summed E-state index contributed by atoms with van der Waals surface area (Å²) in [5.41, 5.74) is 8.00. The second kappa shape index (κ2) is 5.29. The van der Waals surface area contributed by atoms with Gasteiger partial charge in [0, 0.05) is 12.1 Å². The summed E-state index contributed by atoms with van der Waals surface area (Å²) in [5, 5.41) is 0. The Bertz CT molecular complexity index is 415. The molecule has 0 saturated carbocycles. The highest BCUT2D eigenvalue weighted by Crippen LogP contribution is 2.30. The second-order valence-corrected chi connectivity index (χ2v) is 5.66. The molecule has 0 bridgehead atoms. The molecule has 0 aliphatic carbocycles. The van der Waals surface area contributed by atoms with E-state index in [4.69, 9.17) is 15.2 Å². The molecule has 1 unspecified atom stereocenters. The number of ether oxygens (including phenoxy) is 2. The van der Waals surface area contributed by atoms with Crippen LogP contribution in [0.1, 0.15) is 37.8 Å². The quantitative estimate of drug-likeness (QED) is 0.892. The molecule has 0 aromatic heterocycles. The lowest BCUT2D eigenvalue weighted by molar-refractivity contribution is -0.0327. The van der Waals surface area contributed by atoms with Crippen molar-refractivity contribution in [3.63, 3.8) is 0 Å². The van der Waals surface area contributed by atoms with Crippen LogP contribution in [0.2, 0.25) is 0 Å². The summed E-state index contributed by atoms with van der Waals surface area (Å²) in [5.74, 6) is 0.886. The van der Waals surface area contributed by atoms with E-state index in [0.29, 0.717) is 13.2 Å². The SMILES string of the molecule is Cc1ccc(OCC2CCC(C)(C)O2)c(CN)c1. The molecule has 1 atom stereocenters.